The Kier molecular flexibility index (Phi) is 4.82. The van der Waals surface area contributed by atoms with E-state index in [1.54, 1.807) is 17.8 Å². The van der Waals surface area contributed by atoms with Gasteiger partial charge in [-0.2, -0.15) is 11.8 Å². The molecular formula is C10H17N3O2S. The molecule has 1 heterocycles. The Morgan fingerprint density at radius 1 is 1.62 bits per heavy atom. The van der Waals surface area contributed by atoms with Crippen molar-refractivity contribution in [2.24, 2.45) is 11.8 Å². The second kappa shape index (κ2) is 5.91. The van der Waals surface area contributed by atoms with E-state index in [2.05, 4.69) is 25.9 Å². The van der Waals surface area contributed by atoms with Crippen LogP contribution in [0, 0.1) is 5.92 Å². The van der Waals surface area contributed by atoms with E-state index in [0.717, 1.165) is 0 Å². The zero-order valence-corrected chi connectivity index (χ0v) is 10.5. The van der Waals surface area contributed by atoms with Gasteiger partial charge in [-0.3, -0.25) is 10.2 Å². The van der Waals surface area contributed by atoms with Crippen LogP contribution in [-0.2, 0) is 5.75 Å². The fourth-order valence-electron chi connectivity index (χ4n) is 0.968. The Balaban J connectivity index is 2.49. The van der Waals surface area contributed by atoms with Gasteiger partial charge in [0.05, 0.1) is 5.75 Å². The minimum atomic E-state index is -0.433. The van der Waals surface area contributed by atoms with E-state index >= 15 is 0 Å². The van der Waals surface area contributed by atoms with E-state index < -0.39 is 5.91 Å². The number of carbonyl (C=O) groups is 1. The number of hydrogen-bond donors (Lipinski definition) is 2. The molecule has 1 unspecified atom stereocenters. The van der Waals surface area contributed by atoms with Crippen LogP contribution in [-0.4, -0.2) is 16.3 Å². The third-order valence-electron chi connectivity index (χ3n) is 2.35. The highest BCUT2D eigenvalue weighted by molar-refractivity contribution is 7.99. The highest BCUT2D eigenvalue weighted by Crippen LogP contribution is 2.23. The van der Waals surface area contributed by atoms with Crippen molar-refractivity contribution in [1.29, 1.82) is 0 Å². The van der Waals surface area contributed by atoms with Gasteiger partial charge in [0, 0.05) is 11.3 Å². The van der Waals surface area contributed by atoms with Gasteiger partial charge < -0.3 is 4.52 Å². The Labute approximate surface area is 99.1 Å². The van der Waals surface area contributed by atoms with Gasteiger partial charge in [-0.1, -0.05) is 25.9 Å². The maximum Gasteiger partial charge on any atom is 0.287 e. The van der Waals surface area contributed by atoms with Crippen LogP contribution in [0.25, 0.3) is 0 Å². The zero-order chi connectivity index (χ0) is 12.1. The molecule has 0 saturated carbocycles. The van der Waals surface area contributed by atoms with Crippen molar-refractivity contribution < 1.29 is 9.32 Å². The number of rotatable bonds is 5. The van der Waals surface area contributed by atoms with Gasteiger partial charge >= 0.3 is 0 Å². The smallest absolute Gasteiger partial charge is 0.287 e. The molecule has 90 valence electrons. The molecule has 5 nitrogen and oxygen atoms in total. The summed E-state index contributed by atoms with van der Waals surface area (Å²) in [5, 5.41) is 4.17. The molecule has 1 aromatic rings. The Morgan fingerprint density at radius 3 is 2.88 bits per heavy atom. The molecule has 0 aliphatic heterocycles. The van der Waals surface area contributed by atoms with E-state index in [1.807, 2.05) is 5.43 Å². The summed E-state index contributed by atoms with van der Waals surface area (Å²) in [5.74, 6) is 6.57. The average Bonchev–Trinajstić information content (AvgIpc) is 2.73. The first-order valence-electron chi connectivity index (χ1n) is 5.12. The number of thioether (sulfide) groups is 1. The summed E-state index contributed by atoms with van der Waals surface area (Å²) in [4.78, 5) is 11.1. The first kappa shape index (κ1) is 13.1. The minimum absolute atomic E-state index is 0.218. The van der Waals surface area contributed by atoms with Crippen molar-refractivity contribution in [1.82, 2.24) is 10.6 Å². The number of hydrogen-bond acceptors (Lipinski definition) is 5. The Bertz CT molecular complexity index is 352. The lowest BCUT2D eigenvalue weighted by atomic mass is 10.2. The number of nitrogens with zero attached hydrogens (tertiary/aromatic N) is 1. The van der Waals surface area contributed by atoms with Crippen LogP contribution in [0.5, 0.6) is 0 Å². The molecule has 0 spiro atoms. The number of hydrazine groups is 1. The number of nitrogens with two attached hydrogens (primary N) is 1. The van der Waals surface area contributed by atoms with Gasteiger partial charge in [0.25, 0.3) is 5.91 Å². The molecule has 0 saturated heterocycles. The van der Waals surface area contributed by atoms with Crippen molar-refractivity contribution in [3.63, 3.8) is 0 Å². The van der Waals surface area contributed by atoms with Crippen molar-refractivity contribution >= 4 is 17.7 Å². The molecule has 0 aliphatic carbocycles. The number of amides is 1. The lowest BCUT2D eigenvalue weighted by Gasteiger charge is -2.13. The summed E-state index contributed by atoms with van der Waals surface area (Å²) in [5.41, 5.74) is 2.23. The SMILES string of the molecule is CC(C)C(C)SCc1cc(C(=O)NN)no1. The number of carbonyl (C=O) groups excluding carboxylic acids is 1. The lowest BCUT2D eigenvalue weighted by Crippen LogP contribution is -2.30. The van der Waals surface area contributed by atoms with E-state index in [1.165, 1.54) is 0 Å². The van der Waals surface area contributed by atoms with Crippen LogP contribution in [0.2, 0.25) is 0 Å². The van der Waals surface area contributed by atoms with E-state index in [0.29, 0.717) is 22.7 Å². The van der Waals surface area contributed by atoms with Crippen molar-refractivity contribution in [2.75, 3.05) is 0 Å². The molecule has 3 N–H and O–H groups in total. The number of nitrogen functional groups attached to an aromatic ring is 1. The predicted octanol–water partition coefficient (Wildman–Crippen LogP) is 1.56. The number of nitrogens with one attached hydrogen (secondary N) is 1. The third-order valence-corrected chi connectivity index (χ3v) is 3.87. The van der Waals surface area contributed by atoms with E-state index in [9.17, 15) is 4.79 Å². The Morgan fingerprint density at radius 2 is 2.31 bits per heavy atom. The van der Waals surface area contributed by atoms with Crippen LogP contribution in [0.1, 0.15) is 37.0 Å². The molecule has 0 aromatic carbocycles. The van der Waals surface area contributed by atoms with Crippen LogP contribution in [0.3, 0.4) is 0 Å². The molecule has 0 bridgehead atoms. The topological polar surface area (TPSA) is 81.2 Å². The second-order valence-electron chi connectivity index (χ2n) is 3.91. The van der Waals surface area contributed by atoms with Gasteiger partial charge in [0.2, 0.25) is 0 Å². The molecule has 1 aromatic heterocycles. The fourth-order valence-corrected chi connectivity index (χ4v) is 1.92. The van der Waals surface area contributed by atoms with Gasteiger partial charge in [-0.15, -0.1) is 0 Å². The maximum atomic E-state index is 11.1. The molecule has 6 heteroatoms. The summed E-state index contributed by atoms with van der Waals surface area (Å²) in [7, 11) is 0. The first-order chi connectivity index (χ1) is 7.54. The normalized spacial score (nSPS) is 12.8. The van der Waals surface area contributed by atoms with Crippen molar-refractivity contribution in [3.8, 4) is 0 Å². The fraction of sp³-hybridized carbons (Fsp3) is 0.600. The van der Waals surface area contributed by atoms with E-state index in [4.69, 9.17) is 10.4 Å². The summed E-state index contributed by atoms with van der Waals surface area (Å²) in [6, 6.07) is 1.61. The quantitative estimate of drug-likeness (QED) is 0.466. The van der Waals surface area contributed by atoms with Gasteiger partial charge in [0.1, 0.15) is 5.76 Å². The standard InChI is InChI=1S/C10H17N3O2S/c1-6(2)7(3)16-5-8-4-9(13-15-8)10(14)12-11/h4,6-7H,5,11H2,1-3H3,(H,12,14). The van der Waals surface area contributed by atoms with Crippen molar-refractivity contribution in [2.45, 2.75) is 31.8 Å². The molecule has 1 rings (SSSR count). The van der Waals surface area contributed by atoms with Crippen LogP contribution in [0.4, 0.5) is 0 Å². The molecule has 1 atom stereocenters. The summed E-state index contributed by atoms with van der Waals surface area (Å²) in [6.45, 7) is 6.51. The maximum absolute atomic E-state index is 11.1. The third kappa shape index (κ3) is 3.53. The predicted molar refractivity (Wildman–Crippen MR) is 63.8 cm³/mol. The Hall–Kier alpha value is -1.01. The summed E-state index contributed by atoms with van der Waals surface area (Å²) >= 11 is 1.77. The molecular weight excluding hydrogens is 226 g/mol. The van der Waals surface area contributed by atoms with Crippen LogP contribution >= 0.6 is 11.8 Å². The number of aromatic nitrogens is 1. The van der Waals surface area contributed by atoms with Gasteiger partial charge in [0.15, 0.2) is 5.69 Å². The monoisotopic (exact) mass is 243 g/mol. The second-order valence-corrected chi connectivity index (χ2v) is 5.28. The summed E-state index contributed by atoms with van der Waals surface area (Å²) in [6.07, 6.45) is 0. The van der Waals surface area contributed by atoms with E-state index in [-0.39, 0.29) is 5.69 Å². The zero-order valence-electron chi connectivity index (χ0n) is 9.69. The minimum Gasteiger partial charge on any atom is -0.360 e. The highest BCUT2D eigenvalue weighted by Gasteiger charge is 2.13. The first-order valence-corrected chi connectivity index (χ1v) is 6.17. The van der Waals surface area contributed by atoms with Crippen molar-refractivity contribution in [3.05, 3.63) is 17.5 Å². The molecule has 0 aliphatic rings. The average molecular weight is 243 g/mol. The molecule has 1 amide bonds. The van der Waals surface area contributed by atoms with Crippen LogP contribution in [0.15, 0.2) is 10.6 Å². The largest absolute Gasteiger partial charge is 0.360 e. The van der Waals surface area contributed by atoms with Gasteiger partial charge in [-0.25, -0.2) is 5.84 Å². The lowest BCUT2D eigenvalue weighted by molar-refractivity contribution is 0.0944. The van der Waals surface area contributed by atoms with Crippen LogP contribution < -0.4 is 11.3 Å². The summed E-state index contributed by atoms with van der Waals surface area (Å²) < 4.78 is 5.03. The molecule has 0 radical (unpaired) electrons. The molecule has 0 fully saturated rings. The highest BCUT2D eigenvalue weighted by atomic mass is 32.2. The van der Waals surface area contributed by atoms with Gasteiger partial charge in [-0.05, 0) is 5.92 Å². The molecule has 16 heavy (non-hydrogen) atoms.